The quantitative estimate of drug-likeness (QED) is 0.735. The van der Waals surface area contributed by atoms with Crippen LogP contribution in [0.3, 0.4) is 0 Å². The molecule has 1 fully saturated rings. The molecule has 0 unspecified atom stereocenters. The summed E-state index contributed by atoms with van der Waals surface area (Å²) in [7, 11) is 0. The molecule has 1 saturated carbocycles. The molecule has 5 nitrogen and oxygen atoms in total. The lowest BCUT2D eigenvalue weighted by Gasteiger charge is -2.13. The van der Waals surface area contributed by atoms with Gasteiger partial charge in [-0.05, 0) is 19.8 Å². The van der Waals surface area contributed by atoms with E-state index in [2.05, 4.69) is 15.3 Å². The smallest absolute Gasteiger partial charge is 0.405 e. The average molecular weight is 193 g/mol. The Morgan fingerprint density at radius 1 is 1.50 bits per heavy atom. The van der Waals surface area contributed by atoms with Crippen LogP contribution in [-0.2, 0) is 5.54 Å². The Bertz CT molecular complexity index is 357. The number of hydrogen-bond donors (Lipinski definition) is 2. The van der Waals surface area contributed by atoms with Crippen LogP contribution in [0.15, 0.2) is 12.4 Å². The van der Waals surface area contributed by atoms with Crippen LogP contribution in [0.1, 0.15) is 24.2 Å². The molecule has 0 atom stereocenters. The van der Waals surface area contributed by atoms with Gasteiger partial charge in [0.1, 0.15) is 0 Å². The highest BCUT2D eigenvalue weighted by Crippen LogP contribution is 2.44. The van der Waals surface area contributed by atoms with E-state index in [-0.39, 0.29) is 0 Å². The fraction of sp³-hybridized carbons (Fsp3) is 0.444. The SMILES string of the molecule is Cc1cnc(C2(NC(=O)O)CC2)cn1. The lowest BCUT2D eigenvalue weighted by molar-refractivity contribution is 0.188. The van der Waals surface area contributed by atoms with Crippen LogP contribution in [0, 0.1) is 6.92 Å². The molecule has 0 aliphatic heterocycles. The van der Waals surface area contributed by atoms with Crippen molar-refractivity contribution in [3.8, 4) is 0 Å². The molecular formula is C9H11N3O2. The number of nitrogens with one attached hydrogen (secondary N) is 1. The Hall–Kier alpha value is -1.65. The van der Waals surface area contributed by atoms with Gasteiger partial charge in [0.15, 0.2) is 0 Å². The molecule has 0 saturated heterocycles. The molecule has 0 bridgehead atoms. The Labute approximate surface area is 81.2 Å². The van der Waals surface area contributed by atoms with Gasteiger partial charge in [-0.25, -0.2) is 4.79 Å². The Morgan fingerprint density at radius 3 is 2.64 bits per heavy atom. The first-order valence-electron chi connectivity index (χ1n) is 4.43. The summed E-state index contributed by atoms with van der Waals surface area (Å²) in [6, 6.07) is 0. The molecule has 0 radical (unpaired) electrons. The predicted molar refractivity (Wildman–Crippen MR) is 48.8 cm³/mol. The van der Waals surface area contributed by atoms with Gasteiger partial charge in [0.05, 0.1) is 23.1 Å². The number of rotatable bonds is 2. The highest BCUT2D eigenvalue weighted by molar-refractivity contribution is 5.66. The number of nitrogens with zero attached hydrogens (tertiary/aromatic N) is 2. The van der Waals surface area contributed by atoms with Crippen LogP contribution in [-0.4, -0.2) is 21.2 Å². The van der Waals surface area contributed by atoms with E-state index in [4.69, 9.17) is 5.11 Å². The monoisotopic (exact) mass is 193 g/mol. The van der Waals surface area contributed by atoms with E-state index in [9.17, 15) is 4.79 Å². The highest BCUT2D eigenvalue weighted by atomic mass is 16.4. The summed E-state index contributed by atoms with van der Waals surface area (Å²) < 4.78 is 0. The average Bonchev–Trinajstić information content (AvgIpc) is 2.85. The molecule has 1 aromatic heterocycles. The van der Waals surface area contributed by atoms with Crippen molar-refractivity contribution in [2.24, 2.45) is 0 Å². The normalized spacial score (nSPS) is 17.5. The molecule has 1 amide bonds. The zero-order chi connectivity index (χ0) is 10.2. The van der Waals surface area contributed by atoms with Crippen molar-refractivity contribution in [1.29, 1.82) is 0 Å². The molecule has 2 rings (SSSR count). The summed E-state index contributed by atoms with van der Waals surface area (Å²) in [6.45, 7) is 1.85. The lowest BCUT2D eigenvalue weighted by atomic mass is 10.2. The number of aromatic nitrogens is 2. The van der Waals surface area contributed by atoms with Gasteiger partial charge in [0.25, 0.3) is 0 Å². The number of aryl methyl sites for hydroxylation is 1. The van der Waals surface area contributed by atoms with Gasteiger partial charge in [0, 0.05) is 6.20 Å². The van der Waals surface area contributed by atoms with Crippen LogP contribution in [0.2, 0.25) is 0 Å². The first-order chi connectivity index (χ1) is 6.62. The van der Waals surface area contributed by atoms with Gasteiger partial charge in [-0.2, -0.15) is 0 Å². The maximum Gasteiger partial charge on any atom is 0.405 e. The van der Waals surface area contributed by atoms with Crippen LogP contribution in [0.5, 0.6) is 0 Å². The summed E-state index contributed by atoms with van der Waals surface area (Å²) in [5.74, 6) is 0. The van der Waals surface area contributed by atoms with E-state index < -0.39 is 11.6 Å². The summed E-state index contributed by atoms with van der Waals surface area (Å²) in [6.07, 6.45) is 3.88. The third-order valence-corrected chi connectivity index (χ3v) is 2.37. The topological polar surface area (TPSA) is 75.1 Å². The van der Waals surface area contributed by atoms with E-state index >= 15 is 0 Å². The second-order valence-corrected chi connectivity index (χ2v) is 3.56. The zero-order valence-corrected chi connectivity index (χ0v) is 7.82. The predicted octanol–water partition coefficient (Wildman–Crippen LogP) is 1.04. The molecular weight excluding hydrogens is 182 g/mol. The second-order valence-electron chi connectivity index (χ2n) is 3.56. The molecule has 5 heteroatoms. The molecule has 2 N–H and O–H groups in total. The van der Waals surface area contributed by atoms with E-state index in [1.54, 1.807) is 12.4 Å². The summed E-state index contributed by atoms with van der Waals surface area (Å²) >= 11 is 0. The molecule has 74 valence electrons. The summed E-state index contributed by atoms with van der Waals surface area (Å²) in [5.41, 5.74) is 1.08. The highest BCUT2D eigenvalue weighted by Gasteiger charge is 2.47. The van der Waals surface area contributed by atoms with Gasteiger partial charge in [-0.3, -0.25) is 9.97 Å². The first-order valence-corrected chi connectivity index (χ1v) is 4.43. The minimum absolute atomic E-state index is 0.466. The van der Waals surface area contributed by atoms with Crippen LogP contribution in [0.4, 0.5) is 4.79 Å². The van der Waals surface area contributed by atoms with E-state index in [0.29, 0.717) is 5.69 Å². The molecule has 1 aromatic rings. The molecule has 0 spiro atoms. The van der Waals surface area contributed by atoms with Gasteiger partial charge in [-0.1, -0.05) is 0 Å². The van der Waals surface area contributed by atoms with Crippen LogP contribution >= 0.6 is 0 Å². The van der Waals surface area contributed by atoms with Crippen molar-refractivity contribution >= 4 is 6.09 Å². The standard InChI is InChI=1S/C9H11N3O2/c1-6-4-11-7(5-10-6)9(2-3-9)12-8(13)14/h4-5,12H,2-3H2,1H3,(H,13,14). The van der Waals surface area contributed by atoms with Crippen molar-refractivity contribution in [1.82, 2.24) is 15.3 Å². The Balaban J connectivity index is 2.22. The summed E-state index contributed by atoms with van der Waals surface area (Å²) in [4.78, 5) is 18.8. The maximum atomic E-state index is 10.5. The molecule has 1 heterocycles. The molecule has 14 heavy (non-hydrogen) atoms. The van der Waals surface area contributed by atoms with Gasteiger partial charge in [0.2, 0.25) is 0 Å². The van der Waals surface area contributed by atoms with Gasteiger partial charge in [-0.15, -0.1) is 0 Å². The molecule has 1 aliphatic carbocycles. The van der Waals surface area contributed by atoms with E-state index in [1.165, 1.54) is 0 Å². The van der Waals surface area contributed by atoms with Crippen LogP contribution in [0.25, 0.3) is 0 Å². The number of carbonyl (C=O) groups is 1. The van der Waals surface area contributed by atoms with Gasteiger partial charge < -0.3 is 10.4 Å². The van der Waals surface area contributed by atoms with Gasteiger partial charge >= 0.3 is 6.09 Å². The minimum Gasteiger partial charge on any atom is -0.465 e. The largest absolute Gasteiger partial charge is 0.465 e. The second kappa shape index (κ2) is 2.94. The summed E-state index contributed by atoms with van der Waals surface area (Å²) in [5, 5.41) is 11.1. The lowest BCUT2D eigenvalue weighted by Crippen LogP contribution is -2.34. The Morgan fingerprint density at radius 2 is 2.21 bits per heavy atom. The number of amides is 1. The number of carboxylic acid groups (broad SMARTS) is 1. The molecule has 1 aliphatic rings. The Kier molecular flexibility index (Phi) is 1.87. The van der Waals surface area contributed by atoms with Crippen molar-refractivity contribution in [3.05, 3.63) is 23.8 Å². The van der Waals surface area contributed by atoms with Crippen molar-refractivity contribution in [2.45, 2.75) is 25.3 Å². The fourth-order valence-corrected chi connectivity index (χ4v) is 1.41. The van der Waals surface area contributed by atoms with Crippen molar-refractivity contribution in [3.63, 3.8) is 0 Å². The third kappa shape index (κ3) is 1.53. The zero-order valence-electron chi connectivity index (χ0n) is 7.82. The van der Waals surface area contributed by atoms with Crippen molar-refractivity contribution in [2.75, 3.05) is 0 Å². The maximum absolute atomic E-state index is 10.5. The van der Waals surface area contributed by atoms with Crippen molar-refractivity contribution < 1.29 is 9.90 Å². The fourth-order valence-electron chi connectivity index (χ4n) is 1.41. The number of hydrogen-bond acceptors (Lipinski definition) is 3. The van der Waals surface area contributed by atoms with Crippen LogP contribution < -0.4 is 5.32 Å². The molecule has 0 aromatic carbocycles. The van der Waals surface area contributed by atoms with E-state index in [0.717, 1.165) is 18.5 Å². The van der Waals surface area contributed by atoms with E-state index in [1.807, 2.05) is 6.92 Å². The minimum atomic E-state index is -1.01. The third-order valence-electron chi connectivity index (χ3n) is 2.37. The first kappa shape index (κ1) is 8.93.